The van der Waals surface area contributed by atoms with Crippen molar-refractivity contribution in [3.05, 3.63) is 133 Å². The van der Waals surface area contributed by atoms with E-state index in [0.29, 0.717) is 10.8 Å². The second kappa shape index (κ2) is 25.4. The van der Waals surface area contributed by atoms with Gasteiger partial charge in [-0.25, -0.2) is 12.2 Å². The van der Waals surface area contributed by atoms with Crippen LogP contribution in [0.4, 0.5) is 0 Å². The number of rotatable bonds is 0. The van der Waals surface area contributed by atoms with E-state index in [4.69, 9.17) is 0 Å². The first kappa shape index (κ1) is 47.5. The number of halogens is 2. The van der Waals surface area contributed by atoms with Gasteiger partial charge in [-0.15, -0.1) is 72.1 Å². The molecule has 0 nitrogen and oxygen atoms in total. The second-order valence-electron chi connectivity index (χ2n) is 13.2. The summed E-state index contributed by atoms with van der Waals surface area (Å²) in [5.74, 6) is 0. The molecule has 0 radical (unpaired) electrons. The summed E-state index contributed by atoms with van der Waals surface area (Å²) in [6.45, 7) is 22.6. The van der Waals surface area contributed by atoms with Crippen molar-refractivity contribution in [2.75, 3.05) is 0 Å². The number of fused-ring (bicyclic) bond motifs is 2. The minimum Gasteiger partial charge on any atom is -1.00 e. The summed E-state index contributed by atoms with van der Waals surface area (Å²) >= 11 is 3.48. The Morgan fingerprint density at radius 2 is 0.870 bits per heavy atom. The molecule has 2 aliphatic carbocycles. The summed E-state index contributed by atoms with van der Waals surface area (Å²) in [6, 6.07) is 29.3. The van der Waals surface area contributed by atoms with Gasteiger partial charge in [-0.05, 0) is 0 Å². The zero-order chi connectivity index (χ0) is 33.2. The van der Waals surface area contributed by atoms with E-state index in [1.165, 1.54) is 32.7 Å². The van der Waals surface area contributed by atoms with Crippen molar-refractivity contribution in [3.63, 3.8) is 0 Å². The zero-order valence-corrected chi connectivity index (χ0v) is 38.0. The molecule has 0 aliphatic heterocycles. The topological polar surface area (TPSA) is 0 Å². The third-order valence-electron chi connectivity index (χ3n) is 6.22. The summed E-state index contributed by atoms with van der Waals surface area (Å²) < 4.78 is 0. The normalized spacial score (nSPS) is 12.4. The van der Waals surface area contributed by atoms with Crippen molar-refractivity contribution in [3.8, 4) is 0 Å². The molecule has 4 aromatic carbocycles. The first-order valence-electron chi connectivity index (χ1n) is 15.4. The largest absolute Gasteiger partial charge is 1.00 e. The van der Waals surface area contributed by atoms with Gasteiger partial charge in [0.1, 0.15) is 0 Å². The first-order chi connectivity index (χ1) is 20.6. The molecule has 0 amide bonds. The van der Waals surface area contributed by atoms with Gasteiger partial charge in [0.15, 0.2) is 0 Å². The van der Waals surface area contributed by atoms with E-state index in [9.17, 15) is 0 Å². The molecule has 244 valence electrons. The molecule has 2 aliphatic rings. The quantitative estimate of drug-likeness (QED) is 0.148. The Bertz CT molecular complexity index is 1370. The molecule has 46 heavy (non-hydrogen) atoms. The maximum absolute atomic E-state index is 3.16. The maximum atomic E-state index is 3.16. The van der Waals surface area contributed by atoms with Crippen LogP contribution in [0.5, 0.6) is 0 Å². The van der Waals surface area contributed by atoms with Crippen LogP contribution in [0.2, 0.25) is 26.2 Å². The molecule has 4 aromatic rings. The van der Waals surface area contributed by atoms with Gasteiger partial charge >= 0.3 is 83.7 Å². The third-order valence-corrected chi connectivity index (χ3v) is 6.22. The van der Waals surface area contributed by atoms with E-state index in [1.54, 1.807) is 46.7 Å². The molecule has 0 spiro atoms. The summed E-state index contributed by atoms with van der Waals surface area (Å²) in [4.78, 5) is 0. The molecular weight excluding hydrogens is 790 g/mol. The second-order valence-corrected chi connectivity index (χ2v) is 32.0. The van der Waals surface area contributed by atoms with Crippen LogP contribution >= 0.6 is 0 Å². The van der Waals surface area contributed by atoms with Crippen LogP contribution in [-0.4, -0.2) is 10.9 Å². The van der Waals surface area contributed by atoms with Crippen LogP contribution < -0.4 is 24.8 Å². The van der Waals surface area contributed by atoms with Gasteiger partial charge in [-0.1, -0.05) is 64.5 Å². The van der Waals surface area contributed by atoms with Crippen LogP contribution in [0.25, 0.3) is 21.5 Å². The Labute approximate surface area is 324 Å². The fourth-order valence-corrected chi connectivity index (χ4v) is 3.98. The molecule has 0 heterocycles. The van der Waals surface area contributed by atoms with E-state index in [1.807, 2.05) is 0 Å². The van der Waals surface area contributed by atoms with Crippen LogP contribution in [0.3, 0.4) is 0 Å². The Morgan fingerprint density at radius 1 is 0.565 bits per heavy atom. The molecule has 0 saturated heterocycles. The predicted molar refractivity (Wildman–Crippen MR) is 194 cm³/mol. The predicted octanol–water partition coefficient (Wildman–Crippen LogP) is 6.14. The monoisotopic (exact) mass is 838 g/mol. The fourth-order valence-electron chi connectivity index (χ4n) is 3.98. The molecule has 0 bridgehead atoms. The van der Waals surface area contributed by atoms with Gasteiger partial charge < -0.3 is 24.8 Å². The van der Waals surface area contributed by atoms with Crippen molar-refractivity contribution in [2.24, 2.45) is 10.8 Å². The molecule has 0 saturated carbocycles. The molecule has 0 N–H and O–H groups in total. The smallest absolute Gasteiger partial charge is 0.0809 e. The molecule has 0 atom stereocenters. The Hall–Kier alpha value is -0.600. The SMILES string of the molecule is CC(C)(C)C1=CC[C-]=C1.CC(C)(C)C1=CC[C-]=C1.C[Si](C)=[Zr+2].C[Si](C)=[Zr+2].[Cl-].[Cl-].c1ccc2[cH-]ccc2c1.c1ccc2[cH-]ccc2c1. The van der Waals surface area contributed by atoms with E-state index in [2.05, 4.69) is 189 Å². The molecule has 6 heteroatoms. The minimum absolute atomic E-state index is 0. The molecule has 6 rings (SSSR count). The Kier molecular flexibility index (Phi) is 26.2. The van der Waals surface area contributed by atoms with E-state index < -0.39 is 0 Å². The molecule has 0 fully saturated rings. The van der Waals surface area contributed by atoms with Crippen molar-refractivity contribution in [2.45, 2.75) is 80.6 Å². The number of hydrogen-bond acceptors (Lipinski definition) is 0. The zero-order valence-electron chi connectivity index (χ0n) is 29.6. The van der Waals surface area contributed by atoms with E-state index in [0.717, 1.165) is 12.8 Å². The van der Waals surface area contributed by atoms with Gasteiger partial charge in [0.05, 0.1) is 0 Å². The average Bonchev–Trinajstić information content (AvgIpc) is 3.76. The van der Waals surface area contributed by atoms with Gasteiger partial charge in [-0.3, -0.25) is 12.2 Å². The number of benzene rings is 2. The molecule has 0 aromatic heterocycles. The number of allylic oxidation sites excluding steroid dienone is 8. The van der Waals surface area contributed by atoms with Gasteiger partial charge in [0, 0.05) is 0 Å². The standard InChI is InChI=1S/2C9H7.2C9H13.2C2H6Si.2ClH.2Zr/c2*1-2-5-9-7-3-6-8(9)4-1;2*1-9(2,3)8-6-4-5-7-8;2*1-3-2;;;;/h2*1-7H;2*6-7H,4H2,1-3H3;2*1-2H3;2*1H;;/q4*-1;;;;;2*+2/p-2. The summed E-state index contributed by atoms with van der Waals surface area (Å²) in [6.07, 6.45) is 17.0. The van der Waals surface area contributed by atoms with Crippen molar-refractivity contribution < 1.29 is 71.5 Å². The van der Waals surface area contributed by atoms with Crippen LogP contribution in [0.15, 0.2) is 120 Å². The summed E-state index contributed by atoms with van der Waals surface area (Å²) in [5, 5.41) is 5.32. The van der Waals surface area contributed by atoms with Gasteiger partial charge in [0.2, 0.25) is 0 Å². The van der Waals surface area contributed by atoms with Crippen LogP contribution in [-0.2, 0) is 46.7 Å². The van der Waals surface area contributed by atoms with E-state index >= 15 is 0 Å². The van der Waals surface area contributed by atoms with Gasteiger partial charge in [-0.2, -0.15) is 58.3 Å². The minimum atomic E-state index is 0. The van der Waals surface area contributed by atoms with Gasteiger partial charge in [0.25, 0.3) is 0 Å². The number of hydrogen-bond donors (Lipinski definition) is 0. The van der Waals surface area contributed by atoms with Crippen molar-refractivity contribution >= 4 is 32.4 Å². The Balaban J connectivity index is 0. The third kappa shape index (κ3) is 22.1. The van der Waals surface area contributed by atoms with Crippen molar-refractivity contribution in [1.29, 1.82) is 0 Å². The fraction of sp³-hybridized carbons (Fsp3) is 0.350. The van der Waals surface area contributed by atoms with Crippen LogP contribution in [0.1, 0.15) is 54.4 Å². The van der Waals surface area contributed by atoms with Crippen LogP contribution in [0, 0.1) is 23.0 Å². The summed E-state index contributed by atoms with van der Waals surface area (Å²) in [7, 11) is 0. The maximum Gasteiger partial charge on any atom is -0.0809 e. The summed E-state index contributed by atoms with van der Waals surface area (Å²) in [5.41, 5.74) is 3.90. The Morgan fingerprint density at radius 3 is 1.09 bits per heavy atom. The van der Waals surface area contributed by atoms with E-state index in [-0.39, 0.29) is 35.7 Å². The molecule has 0 unspecified atom stereocenters. The average molecular weight is 842 g/mol. The first-order valence-corrected chi connectivity index (χ1v) is 27.8. The molecular formula is C40H52Cl2Si2Zr2-2. The van der Waals surface area contributed by atoms with Crippen molar-refractivity contribution in [1.82, 2.24) is 0 Å².